The van der Waals surface area contributed by atoms with Gasteiger partial charge < -0.3 is 9.84 Å². The highest BCUT2D eigenvalue weighted by Gasteiger charge is 2.32. The van der Waals surface area contributed by atoms with E-state index < -0.39 is 28.1 Å². The molecule has 0 saturated heterocycles. The largest absolute Gasteiger partial charge is 0.573 e. The Hall–Kier alpha value is -2.92. The van der Waals surface area contributed by atoms with Crippen LogP contribution in [-0.2, 0) is 10.0 Å². The van der Waals surface area contributed by atoms with Gasteiger partial charge >= 0.3 is 12.3 Å². The Bertz CT molecular complexity index is 1050. The van der Waals surface area contributed by atoms with Crippen LogP contribution in [0.1, 0.15) is 22.6 Å². The molecule has 0 atom stereocenters. The minimum Gasteiger partial charge on any atom is -0.477 e. The Morgan fingerprint density at radius 1 is 1.14 bits per heavy atom. The van der Waals surface area contributed by atoms with Gasteiger partial charge in [-0.15, -0.1) is 13.2 Å². The summed E-state index contributed by atoms with van der Waals surface area (Å²) in [6.45, 7) is 0.144. The summed E-state index contributed by atoms with van der Waals surface area (Å²) in [6, 6.07) is 8.53. The number of aromatic carboxylic acids is 1. The molecule has 0 saturated carbocycles. The highest BCUT2D eigenvalue weighted by Crippen LogP contribution is 2.28. The fourth-order valence-electron chi connectivity index (χ4n) is 2.80. The quantitative estimate of drug-likeness (QED) is 0.786. The topological polar surface area (TPSA) is 96.8 Å². The zero-order valence-corrected chi connectivity index (χ0v) is 15.6. The Labute approximate surface area is 164 Å². The molecule has 2 aromatic rings. The van der Waals surface area contributed by atoms with Crippen LogP contribution in [-0.4, -0.2) is 48.2 Å². The predicted octanol–water partition coefficient (Wildman–Crippen LogP) is 3.16. The molecule has 0 fully saturated rings. The summed E-state index contributed by atoms with van der Waals surface area (Å²) in [5.74, 6) is -1.67. The Morgan fingerprint density at radius 2 is 1.83 bits per heavy atom. The maximum Gasteiger partial charge on any atom is 0.573 e. The van der Waals surface area contributed by atoms with E-state index >= 15 is 0 Å². The van der Waals surface area contributed by atoms with Crippen molar-refractivity contribution in [1.82, 2.24) is 9.29 Å². The van der Waals surface area contributed by atoms with E-state index in [1.54, 1.807) is 18.2 Å². The number of alkyl halides is 3. The van der Waals surface area contributed by atoms with Gasteiger partial charge in [0.25, 0.3) is 0 Å². The van der Waals surface area contributed by atoms with Gasteiger partial charge in [0.2, 0.25) is 10.0 Å². The van der Waals surface area contributed by atoms with Crippen molar-refractivity contribution < 1.29 is 36.2 Å². The number of carboxylic acids is 1. The monoisotopic (exact) mass is 428 g/mol. The Balaban J connectivity index is 1.75. The second kappa shape index (κ2) is 7.84. The van der Waals surface area contributed by atoms with E-state index in [0.29, 0.717) is 17.7 Å². The molecule has 11 heteroatoms. The summed E-state index contributed by atoms with van der Waals surface area (Å²) >= 11 is 0. The summed E-state index contributed by atoms with van der Waals surface area (Å²) in [6.07, 6.45) is -2.92. The molecule has 0 bridgehead atoms. The highest BCUT2D eigenvalue weighted by atomic mass is 32.2. The van der Waals surface area contributed by atoms with Crippen LogP contribution < -0.4 is 4.74 Å². The first-order valence-electron chi connectivity index (χ1n) is 8.32. The van der Waals surface area contributed by atoms with Gasteiger partial charge in [-0.25, -0.2) is 18.2 Å². The third kappa shape index (κ3) is 4.93. The van der Waals surface area contributed by atoms with Crippen molar-refractivity contribution in [1.29, 1.82) is 0 Å². The normalized spacial score (nSPS) is 15.6. The van der Waals surface area contributed by atoms with Crippen LogP contribution >= 0.6 is 0 Å². The number of hydrogen-bond acceptors (Lipinski definition) is 5. The molecule has 0 radical (unpaired) electrons. The number of carbonyl (C=O) groups is 1. The first-order chi connectivity index (χ1) is 13.6. The Morgan fingerprint density at radius 3 is 2.38 bits per heavy atom. The molecule has 0 aliphatic carbocycles. The highest BCUT2D eigenvalue weighted by molar-refractivity contribution is 7.89. The molecule has 29 heavy (non-hydrogen) atoms. The van der Waals surface area contributed by atoms with Crippen molar-refractivity contribution in [3.63, 3.8) is 0 Å². The van der Waals surface area contributed by atoms with Crippen molar-refractivity contribution in [2.45, 2.75) is 17.7 Å². The molecule has 1 aromatic carbocycles. The van der Waals surface area contributed by atoms with E-state index in [2.05, 4.69) is 9.72 Å². The number of pyridine rings is 1. The molecule has 2 heterocycles. The molecular formula is C18H15F3N2O5S. The second-order valence-electron chi connectivity index (χ2n) is 6.07. The maximum absolute atomic E-state index is 12.7. The summed E-state index contributed by atoms with van der Waals surface area (Å²) in [7, 11) is -3.91. The lowest BCUT2D eigenvalue weighted by Crippen LogP contribution is -2.34. The first-order valence-corrected chi connectivity index (χ1v) is 9.76. The number of hydrogen-bond donors (Lipinski definition) is 1. The third-order valence-corrected chi connectivity index (χ3v) is 6.04. The fourth-order valence-corrected chi connectivity index (χ4v) is 4.18. The minimum atomic E-state index is -4.86. The van der Waals surface area contributed by atoms with E-state index in [0.717, 1.165) is 24.3 Å². The summed E-state index contributed by atoms with van der Waals surface area (Å²) in [5.41, 5.74) is 1.06. The number of sulfonamides is 1. The van der Waals surface area contributed by atoms with Gasteiger partial charge in [0, 0.05) is 13.1 Å². The van der Waals surface area contributed by atoms with Crippen molar-refractivity contribution in [2.24, 2.45) is 0 Å². The van der Waals surface area contributed by atoms with Gasteiger partial charge in [0.05, 0.1) is 10.6 Å². The second-order valence-corrected chi connectivity index (χ2v) is 8.01. The molecule has 0 unspecified atom stereocenters. The van der Waals surface area contributed by atoms with Gasteiger partial charge in [0.1, 0.15) is 11.4 Å². The van der Waals surface area contributed by atoms with Crippen LogP contribution in [0.3, 0.4) is 0 Å². The van der Waals surface area contributed by atoms with Crippen LogP contribution in [0.4, 0.5) is 13.2 Å². The van der Waals surface area contributed by atoms with Gasteiger partial charge in [-0.1, -0.05) is 12.1 Å². The van der Waals surface area contributed by atoms with Crippen LogP contribution in [0.15, 0.2) is 53.4 Å². The molecule has 1 aliphatic heterocycles. The van der Waals surface area contributed by atoms with Crippen molar-refractivity contribution >= 4 is 21.6 Å². The molecule has 1 aromatic heterocycles. The Kier molecular flexibility index (Phi) is 5.62. The lowest BCUT2D eigenvalue weighted by Gasteiger charge is -2.25. The molecule has 154 valence electrons. The molecule has 7 nitrogen and oxygen atoms in total. The number of halogens is 3. The first kappa shape index (κ1) is 20.8. The maximum atomic E-state index is 12.7. The van der Waals surface area contributed by atoms with Gasteiger partial charge in [0.15, 0.2) is 0 Å². The zero-order chi connectivity index (χ0) is 21.2. The van der Waals surface area contributed by atoms with Crippen molar-refractivity contribution in [3.05, 3.63) is 59.9 Å². The third-order valence-electron chi connectivity index (χ3n) is 4.16. The summed E-state index contributed by atoms with van der Waals surface area (Å²) < 4.78 is 67.0. The number of carboxylic acid groups (broad SMARTS) is 1. The van der Waals surface area contributed by atoms with E-state index in [1.165, 1.54) is 10.4 Å². The van der Waals surface area contributed by atoms with E-state index in [4.69, 9.17) is 5.11 Å². The summed E-state index contributed by atoms with van der Waals surface area (Å²) in [5, 5.41) is 9.02. The smallest absolute Gasteiger partial charge is 0.477 e. The lowest BCUT2D eigenvalue weighted by atomic mass is 10.1. The SMILES string of the molecule is O=C(O)c1cccc(C2=CCN(S(=O)(=O)c3ccc(OC(F)(F)F)cc3)CC2)n1. The van der Waals surface area contributed by atoms with Crippen LogP contribution in [0.2, 0.25) is 0 Å². The van der Waals surface area contributed by atoms with Crippen LogP contribution in [0.25, 0.3) is 5.57 Å². The number of rotatable bonds is 5. The zero-order valence-electron chi connectivity index (χ0n) is 14.8. The van der Waals surface area contributed by atoms with Gasteiger partial charge in [-0.3, -0.25) is 0 Å². The fraction of sp³-hybridized carbons (Fsp3) is 0.222. The number of ether oxygens (including phenoxy) is 1. The minimum absolute atomic E-state index is 0.0252. The molecule has 0 amide bonds. The van der Waals surface area contributed by atoms with Crippen LogP contribution in [0, 0.1) is 0 Å². The number of aromatic nitrogens is 1. The summed E-state index contributed by atoms with van der Waals surface area (Å²) in [4.78, 5) is 14.9. The molecular weight excluding hydrogens is 413 g/mol. The van der Waals surface area contributed by atoms with E-state index in [9.17, 15) is 26.4 Å². The van der Waals surface area contributed by atoms with E-state index in [-0.39, 0.29) is 23.7 Å². The standard InChI is InChI=1S/C18H15F3N2O5S/c19-18(20,21)28-13-4-6-14(7-5-13)29(26,27)23-10-8-12(9-11-23)15-2-1-3-16(22-15)17(24)25/h1-8H,9-11H2,(H,24,25). The van der Waals surface area contributed by atoms with Gasteiger partial charge in [-0.2, -0.15) is 4.31 Å². The van der Waals surface area contributed by atoms with Crippen LogP contribution in [0.5, 0.6) is 5.75 Å². The molecule has 3 rings (SSSR count). The molecule has 1 N–H and O–H groups in total. The lowest BCUT2D eigenvalue weighted by molar-refractivity contribution is -0.274. The number of nitrogens with zero attached hydrogens (tertiary/aromatic N) is 2. The molecule has 1 aliphatic rings. The molecule has 0 spiro atoms. The van der Waals surface area contributed by atoms with Gasteiger partial charge in [-0.05, 0) is 48.4 Å². The average Bonchev–Trinajstić information content (AvgIpc) is 2.67. The average molecular weight is 428 g/mol. The van der Waals surface area contributed by atoms with E-state index in [1.807, 2.05) is 0 Å². The number of benzene rings is 1. The van der Waals surface area contributed by atoms with Crippen molar-refractivity contribution in [3.8, 4) is 5.75 Å². The van der Waals surface area contributed by atoms with Crippen molar-refractivity contribution in [2.75, 3.05) is 13.1 Å². The predicted molar refractivity (Wildman–Crippen MR) is 95.7 cm³/mol.